The molecule has 0 amide bonds. The van der Waals surface area contributed by atoms with Crippen molar-refractivity contribution in [1.29, 1.82) is 0 Å². The molecule has 20 heavy (non-hydrogen) atoms. The smallest absolute Gasteiger partial charge is 0.335 e. The standard InChI is InChI=1S/C15H16BrNO2S/c1-8-4-14(10(3)20-8)9(2)17-13-6-11(15(18)19)5-12(16)7-13/h4-7,9,17H,1-3H3,(H,18,19). The van der Waals surface area contributed by atoms with Crippen LogP contribution in [0.4, 0.5) is 5.69 Å². The Balaban J connectivity index is 2.25. The van der Waals surface area contributed by atoms with Crippen molar-refractivity contribution in [3.8, 4) is 0 Å². The highest BCUT2D eigenvalue weighted by molar-refractivity contribution is 9.10. The van der Waals surface area contributed by atoms with Gasteiger partial charge >= 0.3 is 5.97 Å². The van der Waals surface area contributed by atoms with Gasteiger partial charge < -0.3 is 10.4 Å². The largest absolute Gasteiger partial charge is 0.478 e. The third-order valence-corrected chi connectivity index (χ3v) is 4.51. The summed E-state index contributed by atoms with van der Waals surface area (Å²) in [5.41, 5.74) is 2.32. The van der Waals surface area contributed by atoms with Gasteiger partial charge in [0.25, 0.3) is 0 Å². The molecule has 2 N–H and O–H groups in total. The highest BCUT2D eigenvalue weighted by atomic mass is 79.9. The molecule has 1 aromatic carbocycles. The molecule has 0 aliphatic rings. The molecule has 2 rings (SSSR count). The lowest BCUT2D eigenvalue weighted by molar-refractivity contribution is 0.0697. The number of aromatic carboxylic acids is 1. The summed E-state index contributed by atoms with van der Waals surface area (Å²) in [7, 11) is 0. The summed E-state index contributed by atoms with van der Waals surface area (Å²) in [5.74, 6) is -0.926. The number of anilines is 1. The molecule has 1 aromatic heterocycles. The lowest BCUT2D eigenvalue weighted by atomic mass is 10.1. The molecule has 0 radical (unpaired) electrons. The Kier molecular flexibility index (Phi) is 4.50. The molecule has 1 heterocycles. The minimum absolute atomic E-state index is 0.135. The molecule has 5 heteroatoms. The second-order valence-corrected chi connectivity index (χ2v) is 7.14. The summed E-state index contributed by atoms with van der Waals surface area (Å²) >= 11 is 5.12. The first-order chi connectivity index (χ1) is 9.36. The lowest BCUT2D eigenvalue weighted by Crippen LogP contribution is -2.08. The van der Waals surface area contributed by atoms with E-state index in [-0.39, 0.29) is 11.6 Å². The summed E-state index contributed by atoms with van der Waals surface area (Å²) in [6, 6.07) is 7.44. The quantitative estimate of drug-likeness (QED) is 0.812. The predicted molar refractivity (Wildman–Crippen MR) is 86.9 cm³/mol. The van der Waals surface area contributed by atoms with Crippen molar-refractivity contribution in [2.24, 2.45) is 0 Å². The first kappa shape index (κ1) is 15.1. The van der Waals surface area contributed by atoms with Gasteiger partial charge in [0.15, 0.2) is 0 Å². The van der Waals surface area contributed by atoms with Gasteiger partial charge in [-0.2, -0.15) is 0 Å². The zero-order valence-electron chi connectivity index (χ0n) is 11.5. The zero-order valence-corrected chi connectivity index (χ0v) is 13.9. The van der Waals surface area contributed by atoms with Crippen LogP contribution in [0.1, 0.15) is 38.6 Å². The van der Waals surface area contributed by atoms with Crippen LogP contribution in [0.15, 0.2) is 28.7 Å². The second kappa shape index (κ2) is 5.97. The molecule has 0 aliphatic heterocycles. The third kappa shape index (κ3) is 3.41. The maximum absolute atomic E-state index is 11.1. The van der Waals surface area contributed by atoms with E-state index in [1.165, 1.54) is 15.3 Å². The number of nitrogens with one attached hydrogen (secondary N) is 1. The maximum Gasteiger partial charge on any atom is 0.335 e. The van der Waals surface area contributed by atoms with E-state index >= 15 is 0 Å². The van der Waals surface area contributed by atoms with Gasteiger partial charge in [-0.05, 0) is 50.6 Å². The molecule has 0 aliphatic carbocycles. The molecule has 1 unspecified atom stereocenters. The Morgan fingerprint density at radius 2 is 2.00 bits per heavy atom. The van der Waals surface area contributed by atoms with Crippen molar-refractivity contribution in [3.05, 3.63) is 49.6 Å². The number of rotatable bonds is 4. The number of carboxylic acids is 1. The fourth-order valence-electron chi connectivity index (χ4n) is 2.20. The van der Waals surface area contributed by atoms with Crippen LogP contribution in [0.5, 0.6) is 0 Å². The minimum Gasteiger partial charge on any atom is -0.478 e. The van der Waals surface area contributed by atoms with E-state index in [0.717, 1.165) is 10.2 Å². The Morgan fingerprint density at radius 3 is 2.55 bits per heavy atom. The molecule has 0 spiro atoms. The van der Waals surface area contributed by atoms with Crippen LogP contribution < -0.4 is 5.32 Å². The Hall–Kier alpha value is -1.33. The molecule has 1 atom stereocenters. The van der Waals surface area contributed by atoms with Crippen molar-refractivity contribution in [3.63, 3.8) is 0 Å². The van der Waals surface area contributed by atoms with Crippen molar-refractivity contribution in [1.82, 2.24) is 0 Å². The van der Waals surface area contributed by atoms with Crippen molar-refractivity contribution in [2.45, 2.75) is 26.8 Å². The van der Waals surface area contributed by atoms with Crippen LogP contribution >= 0.6 is 27.3 Å². The number of aryl methyl sites for hydroxylation is 2. The van der Waals surface area contributed by atoms with Gasteiger partial charge in [0.2, 0.25) is 0 Å². The number of carboxylic acid groups (broad SMARTS) is 1. The average Bonchev–Trinajstić information content (AvgIpc) is 2.67. The van der Waals surface area contributed by atoms with Crippen LogP contribution in [0.2, 0.25) is 0 Å². The number of carbonyl (C=O) groups is 1. The molecule has 0 saturated heterocycles. The Labute approximate surface area is 130 Å². The number of benzene rings is 1. The normalized spacial score (nSPS) is 12.2. The van der Waals surface area contributed by atoms with Gasteiger partial charge in [0.1, 0.15) is 0 Å². The molecular weight excluding hydrogens is 338 g/mol. The molecule has 0 saturated carbocycles. The number of hydrogen-bond donors (Lipinski definition) is 2. The number of halogens is 1. The zero-order chi connectivity index (χ0) is 14.9. The Bertz CT molecular complexity index is 651. The first-order valence-electron chi connectivity index (χ1n) is 6.24. The molecule has 0 fully saturated rings. The van der Waals surface area contributed by atoms with E-state index in [1.807, 2.05) is 6.07 Å². The summed E-state index contributed by atoms with van der Waals surface area (Å²) in [6.07, 6.45) is 0. The topological polar surface area (TPSA) is 49.3 Å². The predicted octanol–water partition coefficient (Wildman–Crippen LogP) is 5.00. The van der Waals surface area contributed by atoms with Crippen LogP contribution in [0.25, 0.3) is 0 Å². The van der Waals surface area contributed by atoms with Crippen molar-refractivity contribution < 1.29 is 9.90 Å². The SMILES string of the molecule is Cc1cc(C(C)Nc2cc(Br)cc(C(=O)O)c2)c(C)s1. The Morgan fingerprint density at radius 1 is 1.30 bits per heavy atom. The number of thiophene rings is 1. The summed E-state index contributed by atoms with van der Waals surface area (Å²) in [4.78, 5) is 13.6. The fraction of sp³-hybridized carbons (Fsp3) is 0.267. The van der Waals surface area contributed by atoms with E-state index < -0.39 is 5.97 Å². The van der Waals surface area contributed by atoms with E-state index in [1.54, 1.807) is 23.5 Å². The van der Waals surface area contributed by atoms with Crippen LogP contribution in [-0.4, -0.2) is 11.1 Å². The van der Waals surface area contributed by atoms with E-state index in [4.69, 9.17) is 5.11 Å². The summed E-state index contributed by atoms with van der Waals surface area (Å²) in [5, 5.41) is 12.4. The number of hydrogen-bond acceptors (Lipinski definition) is 3. The molecule has 3 nitrogen and oxygen atoms in total. The maximum atomic E-state index is 11.1. The monoisotopic (exact) mass is 353 g/mol. The molecular formula is C15H16BrNO2S. The van der Waals surface area contributed by atoms with Gasteiger partial charge in [0, 0.05) is 26.0 Å². The fourth-order valence-corrected chi connectivity index (χ4v) is 3.72. The van der Waals surface area contributed by atoms with E-state index in [9.17, 15) is 4.79 Å². The van der Waals surface area contributed by atoms with Gasteiger partial charge in [-0.25, -0.2) is 4.79 Å². The lowest BCUT2D eigenvalue weighted by Gasteiger charge is -2.16. The molecule has 106 valence electrons. The second-order valence-electron chi connectivity index (χ2n) is 4.77. The summed E-state index contributed by atoms with van der Waals surface area (Å²) < 4.78 is 0.755. The van der Waals surface area contributed by atoms with Gasteiger partial charge in [0.05, 0.1) is 5.56 Å². The molecule has 0 bridgehead atoms. The van der Waals surface area contributed by atoms with Crippen molar-refractivity contribution >= 4 is 38.9 Å². The van der Waals surface area contributed by atoms with Crippen molar-refractivity contribution in [2.75, 3.05) is 5.32 Å². The highest BCUT2D eigenvalue weighted by Crippen LogP contribution is 2.29. The molecule has 2 aromatic rings. The van der Waals surface area contributed by atoms with Crippen LogP contribution in [0.3, 0.4) is 0 Å². The van der Waals surface area contributed by atoms with E-state index in [0.29, 0.717) is 0 Å². The minimum atomic E-state index is -0.926. The summed E-state index contributed by atoms with van der Waals surface area (Å²) in [6.45, 7) is 6.28. The van der Waals surface area contributed by atoms with Gasteiger partial charge in [-0.1, -0.05) is 15.9 Å². The van der Waals surface area contributed by atoms with Gasteiger partial charge in [-0.15, -0.1) is 11.3 Å². The highest BCUT2D eigenvalue weighted by Gasteiger charge is 2.13. The third-order valence-electron chi connectivity index (χ3n) is 3.07. The van der Waals surface area contributed by atoms with Gasteiger partial charge in [-0.3, -0.25) is 0 Å². The van der Waals surface area contributed by atoms with Crippen LogP contribution in [-0.2, 0) is 0 Å². The van der Waals surface area contributed by atoms with Crippen LogP contribution in [0, 0.1) is 13.8 Å². The van der Waals surface area contributed by atoms with E-state index in [2.05, 4.69) is 48.1 Å². The first-order valence-corrected chi connectivity index (χ1v) is 7.85. The average molecular weight is 354 g/mol.